The smallest absolute Gasteiger partial charge is 0.142 e. The van der Waals surface area contributed by atoms with Gasteiger partial charge in [0.05, 0.1) is 24.8 Å². The van der Waals surface area contributed by atoms with E-state index in [1.807, 2.05) is 18.2 Å². The van der Waals surface area contributed by atoms with Gasteiger partial charge in [0, 0.05) is 12.1 Å². The van der Waals surface area contributed by atoms with Gasteiger partial charge in [0.2, 0.25) is 0 Å². The Morgan fingerprint density at radius 3 is 2.78 bits per heavy atom. The molecule has 0 N–H and O–H groups in total. The molecule has 0 saturated carbocycles. The Hall–Kier alpha value is -1.69. The number of nitriles is 1. The number of nitrogens with zero attached hydrogens (tertiary/aromatic N) is 2. The first-order chi connectivity index (χ1) is 8.58. The zero-order valence-corrected chi connectivity index (χ0v) is 11.3. The molecule has 1 atom stereocenters. The summed E-state index contributed by atoms with van der Waals surface area (Å²) in [5.41, 5.74) is 1.16. The lowest BCUT2D eigenvalue weighted by molar-refractivity contribution is 0.320. The summed E-state index contributed by atoms with van der Waals surface area (Å²) in [6.07, 6.45) is 2.01. The van der Waals surface area contributed by atoms with E-state index in [4.69, 9.17) is 10.00 Å². The van der Waals surface area contributed by atoms with E-state index >= 15 is 0 Å². The van der Waals surface area contributed by atoms with Crippen LogP contribution in [-0.4, -0.2) is 19.2 Å². The van der Waals surface area contributed by atoms with E-state index in [2.05, 4.69) is 30.9 Å². The average Bonchev–Trinajstić information content (AvgIpc) is 2.38. The van der Waals surface area contributed by atoms with E-state index in [0.717, 1.165) is 30.8 Å². The van der Waals surface area contributed by atoms with Gasteiger partial charge in [-0.1, -0.05) is 12.1 Å². The normalized spacial score (nSPS) is 22.3. The highest BCUT2D eigenvalue weighted by atomic mass is 16.5. The fourth-order valence-electron chi connectivity index (χ4n) is 2.60. The summed E-state index contributed by atoms with van der Waals surface area (Å²) in [7, 11) is 1.69. The van der Waals surface area contributed by atoms with Crippen molar-refractivity contribution in [2.24, 2.45) is 5.92 Å². The van der Waals surface area contributed by atoms with Crippen molar-refractivity contribution in [1.29, 1.82) is 5.26 Å². The summed E-state index contributed by atoms with van der Waals surface area (Å²) in [4.78, 5) is 2.31. The predicted molar refractivity (Wildman–Crippen MR) is 72.8 cm³/mol. The fourth-order valence-corrected chi connectivity index (χ4v) is 2.60. The molecule has 0 amide bonds. The zero-order chi connectivity index (χ0) is 13.2. The second kappa shape index (κ2) is 4.89. The van der Waals surface area contributed by atoms with E-state index in [9.17, 15) is 0 Å². The van der Waals surface area contributed by atoms with Crippen LogP contribution in [0.15, 0.2) is 24.3 Å². The molecule has 18 heavy (non-hydrogen) atoms. The number of benzene rings is 1. The van der Waals surface area contributed by atoms with Crippen LogP contribution in [0.1, 0.15) is 26.7 Å². The molecule has 0 bridgehead atoms. The SMILES string of the molecule is COc1ccccc1N1CC(C#N)CCC1(C)C. The van der Waals surface area contributed by atoms with Crippen molar-refractivity contribution in [2.75, 3.05) is 18.6 Å². The molecule has 1 aliphatic heterocycles. The molecular weight excluding hydrogens is 224 g/mol. The van der Waals surface area contributed by atoms with E-state index in [1.54, 1.807) is 7.11 Å². The van der Waals surface area contributed by atoms with Gasteiger partial charge < -0.3 is 9.64 Å². The first kappa shape index (κ1) is 12.8. The molecule has 1 aromatic rings. The van der Waals surface area contributed by atoms with Gasteiger partial charge in [-0.3, -0.25) is 0 Å². The van der Waals surface area contributed by atoms with E-state index in [1.165, 1.54) is 0 Å². The van der Waals surface area contributed by atoms with E-state index in [0.29, 0.717) is 0 Å². The van der Waals surface area contributed by atoms with Gasteiger partial charge >= 0.3 is 0 Å². The largest absolute Gasteiger partial charge is 0.495 e. The number of para-hydroxylation sites is 2. The summed E-state index contributed by atoms with van der Waals surface area (Å²) in [6.45, 7) is 5.24. The molecule has 1 fully saturated rings. The molecule has 1 saturated heterocycles. The number of methoxy groups -OCH3 is 1. The molecule has 0 aromatic heterocycles. The maximum atomic E-state index is 9.14. The lowest BCUT2D eigenvalue weighted by atomic mass is 9.85. The predicted octanol–water partition coefficient (Wildman–Crippen LogP) is 3.21. The van der Waals surface area contributed by atoms with Gasteiger partial charge in [-0.05, 0) is 38.8 Å². The topological polar surface area (TPSA) is 36.3 Å². The number of hydrogen-bond donors (Lipinski definition) is 0. The fraction of sp³-hybridized carbons (Fsp3) is 0.533. The molecular formula is C15H20N2O. The van der Waals surface area contributed by atoms with E-state index in [-0.39, 0.29) is 11.5 Å². The molecule has 0 radical (unpaired) electrons. The monoisotopic (exact) mass is 244 g/mol. The maximum absolute atomic E-state index is 9.14. The number of hydrogen-bond acceptors (Lipinski definition) is 3. The molecule has 2 rings (SSSR count). The highest BCUT2D eigenvalue weighted by Gasteiger charge is 2.35. The molecule has 96 valence electrons. The van der Waals surface area contributed by atoms with Crippen molar-refractivity contribution in [2.45, 2.75) is 32.2 Å². The molecule has 1 heterocycles. The quantitative estimate of drug-likeness (QED) is 0.801. The molecule has 1 unspecified atom stereocenters. The summed E-state index contributed by atoms with van der Waals surface area (Å²) in [5.74, 6) is 0.993. The summed E-state index contributed by atoms with van der Waals surface area (Å²) >= 11 is 0. The van der Waals surface area contributed by atoms with Crippen molar-refractivity contribution >= 4 is 5.69 Å². The Balaban J connectivity index is 2.37. The molecule has 0 spiro atoms. The molecule has 0 aliphatic carbocycles. The number of piperidine rings is 1. The first-order valence-electron chi connectivity index (χ1n) is 6.39. The highest BCUT2D eigenvalue weighted by molar-refractivity contribution is 5.60. The summed E-state index contributed by atoms with van der Waals surface area (Å²) in [6, 6.07) is 10.4. The number of anilines is 1. The van der Waals surface area contributed by atoms with E-state index < -0.39 is 0 Å². The van der Waals surface area contributed by atoms with Gasteiger partial charge in [-0.15, -0.1) is 0 Å². The second-order valence-corrected chi connectivity index (χ2v) is 5.46. The van der Waals surface area contributed by atoms with Crippen LogP contribution in [0.5, 0.6) is 5.75 Å². The van der Waals surface area contributed by atoms with Gasteiger partial charge in [0.1, 0.15) is 5.75 Å². The zero-order valence-electron chi connectivity index (χ0n) is 11.3. The third kappa shape index (κ3) is 2.28. The van der Waals surface area contributed by atoms with Gasteiger partial charge in [0.15, 0.2) is 0 Å². The van der Waals surface area contributed by atoms with Crippen LogP contribution in [0.2, 0.25) is 0 Å². The minimum absolute atomic E-state index is 0.0714. The van der Waals surface area contributed by atoms with Crippen molar-refractivity contribution in [3.8, 4) is 11.8 Å². The summed E-state index contributed by atoms with van der Waals surface area (Å²) in [5, 5.41) is 9.14. The molecule has 1 aliphatic rings. The lowest BCUT2D eigenvalue weighted by Gasteiger charge is -2.46. The van der Waals surface area contributed by atoms with Gasteiger partial charge in [-0.2, -0.15) is 5.26 Å². The molecule has 1 aromatic carbocycles. The minimum atomic E-state index is 0.0714. The van der Waals surface area contributed by atoms with Crippen molar-refractivity contribution in [3.05, 3.63) is 24.3 Å². The minimum Gasteiger partial charge on any atom is -0.495 e. The van der Waals surface area contributed by atoms with Gasteiger partial charge in [0.25, 0.3) is 0 Å². The van der Waals surface area contributed by atoms with Crippen LogP contribution in [0.25, 0.3) is 0 Å². The number of rotatable bonds is 2. The highest BCUT2D eigenvalue weighted by Crippen LogP contribution is 2.38. The third-order valence-corrected chi connectivity index (χ3v) is 3.80. The summed E-state index contributed by atoms with van der Waals surface area (Å²) < 4.78 is 5.44. The Morgan fingerprint density at radius 1 is 1.39 bits per heavy atom. The lowest BCUT2D eigenvalue weighted by Crippen LogP contribution is -2.50. The van der Waals surface area contributed by atoms with Crippen LogP contribution in [0.4, 0.5) is 5.69 Å². The van der Waals surface area contributed by atoms with Crippen LogP contribution in [0.3, 0.4) is 0 Å². The first-order valence-corrected chi connectivity index (χ1v) is 6.39. The second-order valence-electron chi connectivity index (χ2n) is 5.46. The van der Waals surface area contributed by atoms with Crippen LogP contribution in [0, 0.1) is 17.2 Å². The Bertz CT molecular complexity index is 462. The number of ether oxygens (including phenoxy) is 1. The standard InChI is InChI=1S/C15H20N2O/c1-15(2)9-8-12(10-16)11-17(15)13-6-4-5-7-14(13)18-3/h4-7,12H,8-9,11H2,1-3H3. The van der Waals surface area contributed by atoms with Crippen molar-refractivity contribution < 1.29 is 4.74 Å². The van der Waals surface area contributed by atoms with Crippen LogP contribution >= 0.6 is 0 Å². The Kier molecular flexibility index (Phi) is 3.47. The van der Waals surface area contributed by atoms with Crippen molar-refractivity contribution in [1.82, 2.24) is 0 Å². The third-order valence-electron chi connectivity index (χ3n) is 3.80. The molecule has 3 nitrogen and oxygen atoms in total. The van der Waals surface area contributed by atoms with Crippen molar-refractivity contribution in [3.63, 3.8) is 0 Å². The van der Waals surface area contributed by atoms with Crippen LogP contribution in [-0.2, 0) is 0 Å². The average molecular weight is 244 g/mol. The Morgan fingerprint density at radius 2 is 2.11 bits per heavy atom. The van der Waals surface area contributed by atoms with Crippen LogP contribution < -0.4 is 9.64 Å². The van der Waals surface area contributed by atoms with Gasteiger partial charge in [-0.25, -0.2) is 0 Å². The molecule has 3 heteroatoms. The maximum Gasteiger partial charge on any atom is 0.142 e. The Labute approximate surface area is 109 Å².